The number of nitrogens with one attached hydrogen (secondary N) is 2. The van der Waals surface area contributed by atoms with Gasteiger partial charge in [-0.05, 0) is 26.0 Å². The van der Waals surface area contributed by atoms with Crippen LogP contribution in [0.15, 0.2) is 48.5 Å². The third kappa shape index (κ3) is 2.33. The first-order valence-corrected chi connectivity index (χ1v) is 12.1. The third-order valence-corrected chi connectivity index (χ3v) is 7.85. The van der Waals surface area contributed by atoms with Gasteiger partial charge in [-0.15, -0.1) is 0 Å². The zero-order chi connectivity index (χ0) is 24.5. The number of carbonyl (C=O) groups is 3. The minimum atomic E-state index is -0.869. The molecule has 1 aliphatic carbocycles. The number of hydrogen-bond donors (Lipinski definition) is 2. The lowest BCUT2D eigenvalue weighted by Crippen LogP contribution is -2.27. The molecular weight excluding hydrogens is 458 g/mol. The number of carbonyl (C=O) groups excluding carboxylic acids is 3. The van der Waals surface area contributed by atoms with Gasteiger partial charge in [0.25, 0.3) is 11.8 Å². The summed E-state index contributed by atoms with van der Waals surface area (Å²) in [6.07, 6.45) is -0.850. The molecule has 8 heteroatoms. The number of fused-ring (bicyclic) bond motifs is 11. The SMILES string of the molecule is CC1(C)OC2C(=O)CC(n3c4ccccc4c4c5c(c6c7ccccc7[nH]c6c43)C(=O)NC5=O)[C@@H]2O1. The van der Waals surface area contributed by atoms with Gasteiger partial charge in [-0.1, -0.05) is 36.4 Å². The first-order chi connectivity index (χ1) is 17.3. The number of ketones is 1. The van der Waals surface area contributed by atoms with Crippen molar-refractivity contribution in [2.75, 3.05) is 0 Å². The molecule has 8 nitrogen and oxygen atoms in total. The zero-order valence-electron chi connectivity index (χ0n) is 19.5. The molecule has 2 amide bonds. The van der Waals surface area contributed by atoms with E-state index >= 15 is 0 Å². The third-order valence-electron chi connectivity index (χ3n) is 7.85. The first kappa shape index (κ1) is 20.2. The van der Waals surface area contributed by atoms with Crippen LogP contribution in [0.1, 0.15) is 47.0 Å². The Hall–Kier alpha value is -4.01. The number of H-pyrrole nitrogens is 1. The Balaban J connectivity index is 1.59. The van der Waals surface area contributed by atoms with Gasteiger partial charge < -0.3 is 19.0 Å². The average molecular weight is 479 g/mol. The average Bonchev–Trinajstić information content (AvgIpc) is 3.60. The van der Waals surface area contributed by atoms with E-state index in [2.05, 4.69) is 14.9 Å². The van der Waals surface area contributed by atoms with Crippen LogP contribution in [0, 0.1) is 0 Å². The first-order valence-electron chi connectivity index (χ1n) is 12.1. The molecule has 2 aromatic heterocycles. The monoisotopic (exact) mass is 479 g/mol. The van der Waals surface area contributed by atoms with Crippen LogP contribution in [0.3, 0.4) is 0 Å². The van der Waals surface area contributed by atoms with Crippen molar-refractivity contribution in [1.29, 1.82) is 0 Å². The topological polar surface area (TPSA) is 102 Å². The second-order valence-electron chi connectivity index (χ2n) is 10.3. The lowest BCUT2D eigenvalue weighted by molar-refractivity contribution is -0.162. The van der Waals surface area contributed by atoms with Crippen molar-refractivity contribution in [2.45, 2.75) is 44.3 Å². The number of nitrogens with zero attached hydrogens (tertiary/aromatic N) is 1. The van der Waals surface area contributed by atoms with Crippen LogP contribution >= 0.6 is 0 Å². The Morgan fingerprint density at radius 1 is 0.889 bits per heavy atom. The van der Waals surface area contributed by atoms with Crippen LogP contribution in [0.5, 0.6) is 0 Å². The molecule has 0 bridgehead atoms. The van der Waals surface area contributed by atoms with Gasteiger partial charge in [0.05, 0.1) is 28.2 Å². The predicted octanol–water partition coefficient (Wildman–Crippen LogP) is 4.35. The Kier molecular flexibility index (Phi) is 3.59. The minimum absolute atomic E-state index is 0.00322. The lowest BCUT2D eigenvalue weighted by atomic mass is 9.96. The number of Topliss-reactive ketones (excluding diaryl/α,β-unsaturated/α-hetero) is 1. The van der Waals surface area contributed by atoms with Crippen LogP contribution in [0.4, 0.5) is 0 Å². The predicted molar refractivity (Wildman–Crippen MR) is 133 cm³/mol. The van der Waals surface area contributed by atoms with Gasteiger partial charge in [0, 0.05) is 39.0 Å². The second-order valence-corrected chi connectivity index (χ2v) is 10.3. The van der Waals surface area contributed by atoms with E-state index < -0.39 is 29.8 Å². The quantitative estimate of drug-likeness (QED) is 0.348. The summed E-state index contributed by atoms with van der Waals surface area (Å²) < 4.78 is 14.4. The molecular formula is C28H21N3O5. The van der Waals surface area contributed by atoms with Crippen molar-refractivity contribution in [3.05, 3.63) is 59.7 Å². The maximum Gasteiger partial charge on any atom is 0.259 e. The molecule has 8 rings (SSSR count). The largest absolute Gasteiger partial charge is 0.353 e. The molecule has 0 radical (unpaired) electrons. The Bertz CT molecular complexity index is 1860. The molecule has 5 aromatic rings. The van der Waals surface area contributed by atoms with E-state index in [9.17, 15) is 14.4 Å². The van der Waals surface area contributed by atoms with Crippen LogP contribution in [-0.4, -0.2) is 45.1 Å². The van der Waals surface area contributed by atoms with E-state index in [1.807, 2.05) is 62.4 Å². The summed E-state index contributed by atoms with van der Waals surface area (Å²) >= 11 is 0. The second kappa shape index (κ2) is 6.40. The van der Waals surface area contributed by atoms with Crippen LogP contribution in [-0.2, 0) is 14.3 Å². The molecule has 3 aliphatic rings. The molecule has 2 aliphatic heterocycles. The van der Waals surface area contributed by atoms with Crippen molar-refractivity contribution in [1.82, 2.24) is 14.9 Å². The summed E-state index contributed by atoms with van der Waals surface area (Å²) in [5.74, 6) is -1.67. The van der Waals surface area contributed by atoms with Crippen molar-refractivity contribution >= 4 is 61.2 Å². The number of imide groups is 1. The summed E-state index contributed by atoms with van der Waals surface area (Å²) in [7, 11) is 0. The Morgan fingerprint density at radius 3 is 2.39 bits per heavy atom. The number of para-hydroxylation sites is 2. The molecule has 3 atom stereocenters. The van der Waals surface area contributed by atoms with Crippen LogP contribution < -0.4 is 5.32 Å². The molecule has 1 saturated carbocycles. The van der Waals surface area contributed by atoms with E-state index in [1.54, 1.807) is 0 Å². The normalized spacial score (nSPS) is 24.9. The molecule has 2 fully saturated rings. The van der Waals surface area contributed by atoms with E-state index in [-0.39, 0.29) is 18.2 Å². The number of benzene rings is 3. The number of aromatic nitrogens is 2. The summed E-state index contributed by atoms with van der Waals surface area (Å²) in [5.41, 5.74) is 4.07. The molecule has 3 aromatic carbocycles. The molecule has 0 spiro atoms. The van der Waals surface area contributed by atoms with Gasteiger partial charge in [0.15, 0.2) is 11.6 Å². The highest BCUT2D eigenvalue weighted by atomic mass is 16.8. The van der Waals surface area contributed by atoms with Gasteiger partial charge in [-0.3, -0.25) is 19.7 Å². The Morgan fingerprint density at radius 2 is 1.58 bits per heavy atom. The molecule has 2 unspecified atom stereocenters. The summed E-state index contributed by atoms with van der Waals surface area (Å²) in [6.45, 7) is 3.64. The highest BCUT2D eigenvalue weighted by Crippen LogP contribution is 2.49. The van der Waals surface area contributed by atoms with Gasteiger partial charge >= 0.3 is 0 Å². The zero-order valence-corrected chi connectivity index (χ0v) is 19.5. The Labute approximate surface area is 204 Å². The van der Waals surface area contributed by atoms with E-state index in [4.69, 9.17) is 9.47 Å². The van der Waals surface area contributed by atoms with Gasteiger partial charge in [-0.25, -0.2) is 0 Å². The van der Waals surface area contributed by atoms with Gasteiger partial charge in [0.2, 0.25) is 0 Å². The van der Waals surface area contributed by atoms with Crippen molar-refractivity contribution in [2.24, 2.45) is 0 Å². The molecule has 36 heavy (non-hydrogen) atoms. The molecule has 178 valence electrons. The fourth-order valence-electron chi connectivity index (χ4n) is 6.61. The van der Waals surface area contributed by atoms with Crippen LogP contribution in [0.25, 0.3) is 43.6 Å². The summed E-state index contributed by atoms with van der Waals surface area (Å²) in [6, 6.07) is 15.2. The minimum Gasteiger partial charge on any atom is -0.353 e. The fourth-order valence-corrected chi connectivity index (χ4v) is 6.61. The number of rotatable bonds is 1. The maximum atomic E-state index is 13.2. The highest BCUT2D eigenvalue weighted by Gasteiger charge is 2.55. The summed E-state index contributed by atoms with van der Waals surface area (Å²) in [4.78, 5) is 42.9. The molecule has 2 N–H and O–H groups in total. The maximum absolute atomic E-state index is 13.2. The number of amides is 2. The van der Waals surface area contributed by atoms with Crippen LogP contribution in [0.2, 0.25) is 0 Å². The lowest BCUT2D eigenvalue weighted by Gasteiger charge is -2.24. The van der Waals surface area contributed by atoms with Crippen molar-refractivity contribution in [3.8, 4) is 0 Å². The smallest absolute Gasteiger partial charge is 0.259 e. The standard InChI is InChI=1S/C28H21N3O5/c1-28(2)35-24-16(11-17(32)25(24)36-28)31-15-10-6-4-8-13(15)19-21-20(26(33)30-27(21)34)18-12-7-3-5-9-14(12)29-22(18)23(19)31/h3-10,16,24-25,29H,11H2,1-2H3,(H,30,33,34)/t16?,24-,25?/m0/s1. The number of ether oxygens (including phenoxy) is 2. The number of hydrogen-bond acceptors (Lipinski definition) is 5. The van der Waals surface area contributed by atoms with E-state index in [0.29, 0.717) is 21.9 Å². The molecule has 4 heterocycles. The van der Waals surface area contributed by atoms with Gasteiger partial charge in [-0.2, -0.15) is 0 Å². The van der Waals surface area contributed by atoms with E-state index in [1.165, 1.54) is 0 Å². The van der Waals surface area contributed by atoms with Gasteiger partial charge in [0.1, 0.15) is 12.2 Å². The number of aromatic amines is 1. The van der Waals surface area contributed by atoms with Crippen molar-refractivity contribution < 1.29 is 23.9 Å². The highest BCUT2D eigenvalue weighted by molar-refractivity contribution is 6.39. The van der Waals surface area contributed by atoms with E-state index in [0.717, 1.165) is 32.8 Å². The fraction of sp³-hybridized carbons (Fsp3) is 0.250. The summed E-state index contributed by atoms with van der Waals surface area (Å²) in [5, 5.41) is 5.66. The van der Waals surface area contributed by atoms with Crippen molar-refractivity contribution in [3.63, 3.8) is 0 Å². The molecule has 1 saturated heterocycles.